The van der Waals surface area contributed by atoms with Gasteiger partial charge >= 0.3 is 6.18 Å². The van der Waals surface area contributed by atoms with Crippen molar-refractivity contribution >= 4 is 0 Å². The maximum absolute atomic E-state index is 12.5. The van der Waals surface area contributed by atoms with Crippen molar-refractivity contribution in [2.75, 3.05) is 6.54 Å². The number of aromatic nitrogens is 1. The normalized spacial score (nSPS) is 13.2. The number of rotatable bonds is 4. The predicted octanol–water partition coefficient (Wildman–Crippen LogP) is 3.80. The average molecular weight is 280 g/mol. The Morgan fingerprint density at radius 3 is 2.30 bits per heavy atom. The Balaban J connectivity index is 2.31. The molecule has 2 nitrogen and oxygen atoms in total. The van der Waals surface area contributed by atoms with Crippen LogP contribution < -0.4 is 5.32 Å². The van der Waals surface area contributed by atoms with Gasteiger partial charge in [-0.1, -0.05) is 37.3 Å². The lowest BCUT2D eigenvalue weighted by Gasteiger charge is -2.18. The zero-order chi connectivity index (χ0) is 14.6. The summed E-state index contributed by atoms with van der Waals surface area (Å²) in [5.41, 5.74) is 0.817. The summed E-state index contributed by atoms with van der Waals surface area (Å²) in [7, 11) is 0. The van der Waals surface area contributed by atoms with E-state index in [1.165, 1.54) is 6.07 Å². The Labute approximate surface area is 115 Å². The van der Waals surface area contributed by atoms with E-state index in [1.54, 1.807) is 0 Å². The van der Waals surface area contributed by atoms with Gasteiger partial charge in [0.15, 0.2) is 0 Å². The molecule has 0 aliphatic carbocycles. The predicted molar refractivity (Wildman–Crippen MR) is 71.2 cm³/mol. The van der Waals surface area contributed by atoms with Crippen molar-refractivity contribution in [2.45, 2.75) is 19.1 Å². The molecule has 0 aliphatic heterocycles. The molecular weight excluding hydrogens is 265 g/mol. The van der Waals surface area contributed by atoms with Crippen molar-refractivity contribution in [2.24, 2.45) is 0 Å². The van der Waals surface area contributed by atoms with Gasteiger partial charge in [-0.3, -0.25) is 4.98 Å². The van der Waals surface area contributed by atoms with Crippen LogP contribution in [0.5, 0.6) is 0 Å². The first-order valence-corrected chi connectivity index (χ1v) is 6.34. The molecule has 1 heterocycles. The zero-order valence-corrected chi connectivity index (χ0v) is 11.0. The van der Waals surface area contributed by atoms with Crippen LogP contribution >= 0.6 is 0 Å². The molecule has 1 unspecified atom stereocenters. The van der Waals surface area contributed by atoms with Crippen LogP contribution in [0.15, 0.2) is 48.7 Å². The molecule has 0 amide bonds. The summed E-state index contributed by atoms with van der Waals surface area (Å²) in [5.74, 6) is 0. The van der Waals surface area contributed by atoms with E-state index in [-0.39, 0.29) is 6.04 Å². The number of benzene rings is 1. The molecule has 0 bridgehead atoms. The van der Waals surface area contributed by atoms with E-state index in [0.29, 0.717) is 12.2 Å². The van der Waals surface area contributed by atoms with Crippen LogP contribution in [0.2, 0.25) is 0 Å². The second kappa shape index (κ2) is 6.05. The highest BCUT2D eigenvalue weighted by Crippen LogP contribution is 2.29. The molecule has 2 aromatic rings. The Bertz CT molecular complexity index is 535. The fourth-order valence-electron chi connectivity index (χ4n) is 1.99. The Morgan fingerprint density at radius 2 is 1.80 bits per heavy atom. The van der Waals surface area contributed by atoms with E-state index in [0.717, 1.165) is 17.8 Å². The van der Waals surface area contributed by atoms with Crippen molar-refractivity contribution < 1.29 is 13.2 Å². The van der Waals surface area contributed by atoms with Gasteiger partial charge in [0, 0.05) is 6.20 Å². The first-order chi connectivity index (χ1) is 9.52. The maximum atomic E-state index is 12.5. The lowest BCUT2D eigenvalue weighted by molar-refractivity contribution is -0.137. The van der Waals surface area contributed by atoms with Crippen molar-refractivity contribution in [3.8, 4) is 0 Å². The van der Waals surface area contributed by atoms with Gasteiger partial charge in [-0.25, -0.2) is 0 Å². The molecule has 1 aromatic carbocycles. The topological polar surface area (TPSA) is 24.9 Å². The lowest BCUT2D eigenvalue weighted by atomic mass is 10.0. The third kappa shape index (κ3) is 3.36. The molecule has 2 rings (SSSR count). The summed E-state index contributed by atoms with van der Waals surface area (Å²) in [4.78, 5) is 3.96. The average Bonchev–Trinajstić information content (AvgIpc) is 2.45. The smallest absolute Gasteiger partial charge is 0.305 e. The van der Waals surface area contributed by atoms with Gasteiger partial charge in [0.05, 0.1) is 17.3 Å². The number of hydrogen-bond donors (Lipinski definition) is 1. The summed E-state index contributed by atoms with van der Waals surface area (Å²) in [5, 5.41) is 3.23. The molecule has 5 heteroatoms. The highest BCUT2D eigenvalue weighted by atomic mass is 19.4. The number of halogens is 3. The summed E-state index contributed by atoms with van der Waals surface area (Å²) >= 11 is 0. The van der Waals surface area contributed by atoms with Gasteiger partial charge in [-0.05, 0) is 24.2 Å². The number of alkyl halides is 3. The molecule has 1 atom stereocenters. The van der Waals surface area contributed by atoms with Crippen LogP contribution in [0.4, 0.5) is 13.2 Å². The standard InChI is InChI=1S/C15H15F3N2/c1-2-19-14(11-6-4-3-5-7-11)13-9-8-12(10-20-13)15(16,17)18/h3-10,14,19H,2H2,1H3. The molecule has 0 radical (unpaired) electrons. The number of nitrogens with one attached hydrogen (secondary N) is 1. The van der Waals surface area contributed by atoms with E-state index < -0.39 is 11.7 Å². The first kappa shape index (κ1) is 14.5. The van der Waals surface area contributed by atoms with Gasteiger partial charge in [-0.2, -0.15) is 13.2 Å². The second-order valence-corrected chi connectivity index (χ2v) is 4.37. The molecule has 0 fully saturated rings. The highest BCUT2D eigenvalue weighted by Gasteiger charge is 2.31. The van der Waals surface area contributed by atoms with E-state index >= 15 is 0 Å². The lowest BCUT2D eigenvalue weighted by Crippen LogP contribution is -2.23. The van der Waals surface area contributed by atoms with Crippen molar-refractivity contribution in [3.63, 3.8) is 0 Å². The molecule has 1 N–H and O–H groups in total. The molecule has 0 spiro atoms. The quantitative estimate of drug-likeness (QED) is 0.921. The van der Waals surface area contributed by atoms with E-state index in [4.69, 9.17) is 0 Å². The van der Waals surface area contributed by atoms with Crippen LogP contribution in [-0.4, -0.2) is 11.5 Å². The fourth-order valence-corrected chi connectivity index (χ4v) is 1.99. The molecule has 106 valence electrons. The van der Waals surface area contributed by atoms with Crippen molar-refractivity contribution in [3.05, 3.63) is 65.5 Å². The number of nitrogens with zero attached hydrogens (tertiary/aromatic N) is 1. The summed E-state index contributed by atoms with van der Waals surface area (Å²) in [6, 6.07) is 11.8. The Morgan fingerprint density at radius 1 is 1.10 bits per heavy atom. The molecule has 0 saturated carbocycles. The maximum Gasteiger partial charge on any atom is 0.417 e. The minimum absolute atomic E-state index is 0.205. The third-order valence-corrected chi connectivity index (χ3v) is 2.95. The van der Waals surface area contributed by atoms with Crippen LogP contribution in [0.1, 0.15) is 29.8 Å². The second-order valence-electron chi connectivity index (χ2n) is 4.37. The van der Waals surface area contributed by atoms with Crippen LogP contribution in [0.3, 0.4) is 0 Å². The van der Waals surface area contributed by atoms with Gasteiger partial charge in [0.1, 0.15) is 0 Å². The largest absolute Gasteiger partial charge is 0.417 e. The number of pyridine rings is 1. The SMILES string of the molecule is CCNC(c1ccccc1)c1ccc(C(F)(F)F)cn1. The van der Waals surface area contributed by atoms with Crippen molar-refractivity contribution in [1.82, 2.24) is 10.3 Å². The zero-order valence-electron chi connectivity index (χ0n) is 11.0. The summed E-state index contributed by atoms with van der Waals surface area (Å²) in [6.45, 7) is 2.64. The van der Waals surface area contributed by atoms with E-state index in [2.05, 4.69) is 10.3 Å². The van der Waals surface area contributed by atoms with Crippen LogP contribution in [0.25, 0.3) is 0 Å². The van der Waals surface area contributed by atoms with Gasteiger partial charge in [0.2, 0.25) is 0 Å². The highest BCUT2D eigenvalue weighted by molar-refractivity contribution is 5.29. The van der Waals surface area contributed by atoms with E-state index in [1.807, 2.05) is 37.3 Å². The number of hydrogen-bond acceptors (Lipinski definition) is 2. The molecule has 20 heavy (non-hydrogen) atoms. The van der Waals surface area contributed by atoms with Crippen LogP contribution in [0, 0.1) is 0 Å². The van der Waals surface area contributed by atoms with Gasteiger partial charge < -0.3 is 5.32 Å². The molecule has 1 aromatic heterocycles. The summed E-state index contributed by atoms with van der Waals surface area (Å²) < 4.78 is 37.6. The summed E-state index contributed by atoms with van der Waals surface area (Å²) in [6.07, 6.45) is -3.48. The van der Waals surface area contributed by atoms with Crippen LogP contribution in [-0.2, 0) is 6.18 Å². The Hall–Kier alpha value is -1.88. The molecule has 0 aliphatic rings. The fraction of sp³-hybridized carbons (Fsp3) is 0.267. The molecule has 0 saturated heterocycles. The minimum Gasteiger partial charge on any atom is -0.305 e. The Kier molecular flexibility index (Phi) is 4.39. The van der Waals surface area contributed by atoms with E-state index in [9.17, 15) is 13.2 Å². The minimum atomic E-state index is -4.36. The van der Waals surface area contributed by atoms with Crippen molar-refractivity contribution in [1.29, 1.82) is 0 Å². The van der Waals surface area contributed by atoms with Gasteiger partial charge in [-0.15, -0.1) is 0 Å². The third-order valence-electron chi connectivity index (χ3n) is 2.95. The monoisotopic (exact) mass is 280 g/mol. The first-order valence-electron chi connectivity index (χ1n) is 6.34. The van der Waals surface area contributed by atoms with Gasteiger partial charge in [0.25, 0.3) is 0 Å². The molecular formula is C15H15F3N2.